The number of nitrogens with zero attached hydrogens (tertiary/aromatic N) is 1. The molecular formula is C27H23NO2S. The molecule has 0 aromatic heterocycles. The van der Waals surface area contributed by atoms with Crippen molar-refractivity contribution in [2.45, 2.75) is 4.90 Å². The van der Waals surface area contributed by atoms with Crippen molar-refractivity contribution in [3.05, 3.63) is 120 Å². The summed E-state index contributed by atoms with van der Waals surface area (Å²) < 4.78 is 23.2. The third kappa shape index (κ3) is 5.11. The molecule has 3 nitrogen and oxygen atoms in total. The Morgan fingerprint density at radius 1 is 0.548 bits per heavy atom. The molecule has 0 atom stereocenters. The van der Waals surface area contributed by atoms with Crippen LogP contribution < -0.4 is 4.90 Å². The van der Waals surface area contributed by atoms with Gasteiger partial charge in [-0.3, -0.25) is 0 Å². The highest BCUT2D eigenvalue weighted by Crippen LogP contribution is 2.34. The van der Waals surface area contributed by atoms with Gasteiger partial charge in [-0.2, -0.15) is 0 Å². The minimum absolute atomic E-state index is 0.330. The summed E-state index contributed by atoms with van der Waals surface area (Å²) >= 11 is 0. The van der Waals surface area contributed by atoms with E-state index >= 15 is 0 Å². The van der Waals surface area contributed by atoms with Crippen molar-refractivity contribution in [3.8, 4) is 0 Å². The fourth-order valence-corrected chi connectivity index (χ4v) is 3.98. The lowest BCUT2D eigenvalue weighted by Crippen LogP contribution is -2.09. The Morgan fingerprint density at radius 2 is 0.935 bits per heavy atom. The van der Waals surface area contributed by atoms with Gasteiger partial charge in [0, 0.05) is 23.3 Å². The largest absolute Gasteiger partial charge is 0.311 e. The zero-order chi connectivity index (χ0) is 21.7. The second-order valence-corrected chi connectivity index (χ2v) is 9.29. The van der Waals surface area contributed by atoms with E-state index in [4.69, 9.17) is 0 Å². The second-order valence-electron chi connectivity index (χ2n) is 7.27. The van der Waals surface area contributed by atoms with Gasteiger partial charge in [0.05, 0.1) is 4.90 Å². The fourth-order valence-electron chi connectivity index (χ4n) is 3.35. The van der Waals surface area contributed by atoms with Crippen LogP contribution in [0.5, 0.6) is 0 Å². The molecule has 0 saturated carbocycles. The Balaban J connectivity index is 1.58. The van der Waals surface area contributed by atoms with Crippen molar-refractivity contribution in [2.75, 3.05) is 11.2 Å². The molecule has 0 spiro atoms. The highest BCUT2D eigenvalue weighted by molar-refractivity contribution is 7.90. The third-order valence-corrected chi connectivity index (χ3v) is 6.09. The van der Waals surface area contributed by atoms with E-state index in [0.29, 0.717) is 4.90 Å². The van der Waals surface area contributed by atoms with E-state index in [2.05, 4.69) is 53.4 Å². The maximum atomic E-state index is 11.6. The Kier molecular flexibility index (Phi) is 6.01. The molecule has 0 aliphatic carbocycles. The molecule has 4 heteroatoms. The summed E-state index contributed by atoms with van der Waals surface area (Å²) in [4.78, 5) is 2.55. The van der Waals surface area contributed by atoms with E-state index in [9.17, 15) is 8.42 Å². The first-order valence-electron chi connectivity index (χ1n) is 9.99. The van der Waals surface area contributed by atoms with Gasteiger partial charge in [-0.25, -0.2) is 8.42 Å². The first-order chi connectivity index (χ1) is 15.0. The molecule has 0 fully saturated rings. The minimum Gasteiger partial charge on any atom is -0.311 e. The van der Waals surface area contributed by atoms with Gasteiger partial charge in [0.1, 0.15) is 0 Å². The van der Waals surface area contributed by atoms with Crippen LogP contribution in [0, 0.1) is 0 Å². The number of anilines is 3. The highest BCUT2D eigenvalue weighted by atomic mass is 32.2. The van der Waals surface area contributed by atoms with Crippen LogP contribution in [0.1, 0.15) is 11.1 Å². The van der Waals surface area contributed by atoms with Crippen molar-refractivity contribution >= 4 is 39.1 Å². The summed E-state index contributed by atoms with van der Waals surface area (Å²) in [6.07, 6.45) is 5.22. The maximum Gasteiger partial charge on any atom is 0.175 e. The summed E-state index contributed by atoms with van der Waals surface area (Å²) in [7, 11) is -3.17. The number of benzene rings is 4. The molecule has 0 unspecified atom stereocenters. The monoisotopic (exact) mass is 425 g/mol. The van der Waals surface area contributed by atoms with E-state index in [1.807, 2.05) is 60.7 Å². The molecule has 0 aliphatic heterocycles. The number of para-hydroxylation sites is 2. The predicted octanol–water partition coefficient (Wildman–Crippen LogP) is 6.73. The lowest BCUT2D eigenvalue weighted by atomic mass is 10.1. The molecule has 4 aromatic rings. The van der Waals surface area contributed by atoms with Crippen molar-refractivity contribution in [2.24, 2.45) is 0 Å². The summed E-state index contributed by atoms with van der Waals surface area (Å²) in [5.74, 6) is 0. The van der Waals surface area contributed by atoms with E-state index < -0.39 is 9.84 Å². The minimum atomic E-state index is -3.17. The molecule has 0 bridgehead atoms. The lowest BCUT2D eigenvalue weighted by Gasteiger charge is -2.25. The smallest absolute Gasteiger partial charge is 0.175 e. The summed E-state index contributed by atoms with van der Waals surface area (Å²) in [5.41, 5.74) is 5.29. The Labute approximate surface area is 183 Å². The number of sulfone groups is 1. The van der Waals surface area contributed by atoms with Gasteiger partial charge >= 0.3 is 0 Å². The molecule has 0 aliphatic rings. The maximum absolute atomic E-state index is 11.6. The molecule has 154 valence electrons. The summed E-state index contributed by atoms with van der Waals surface area (Å²) in [6, 6.07) is 35.8. The van der Waals surface area contributed by atoms with E-state index in [1.165, 1.54) is 6.26 Å². The average molecular weight is 426 g/mol. The topological polar surface area (TPSA) is 37.4 Å². The average Bonchev–Trinajstić information content (AvgIpc) is 2.80. The predicted molar refractivity (Wildman–Crippen MR) is 130 cm³/mol. The number of rotatable bonds is 6. The normalized spacial score (nSPS) is 11.5. The van der Waals surface area contributed by atoms with Crippen LogP contribution in [0.25, 0.3) is 12.2 Å². The van der Waals surface area contributed by atoms with Gasteiger partial charge in [-0.05, 0) is 59.7 Å². The zero-order valence-corrected chi connectivity index (χ0v) is 18.0. The van der Waals surface area contributed by atoms with E-state index in [0.717, 1.165) is 28.2 Å². The molecule has 4 aromatic carbocycles. The molecule has 0 N–H and O–H groups in total. The van der Waals surface area contributed by atoms with Gasteiger partial charge in [0.25, 0.3) is 0 Å². The number of hydrogen-bond acceptors (Lipinski definition) is 3. The van der Waals surface area contributed by atoms with Crippen molar-refractivity contribution in [1.29, 1.82) is 0 Å². The van der Waals surface area contributed by atoms with Gasteiger partial charge < -0.3 is 4.90 Å². The molecule has 0 radical (unpaired) electrons. The van der Waals surface area contributed by atoms with Crippen LogP contribution >= 0.6 is 0 Å². The SMILES string of the molecule is CS(=O)(=O)c1ccc(/C=C/c2ccc(N(c3ccccc3)c3ccccc3)cc2)cc1. The van der Waals surface area contributed by atoms with Crippen molar-refractivity contribution in [1.82, 2.24) is 0 Å². The fraction of sp³-hybridized carbons (Fsp3) is 0.0370. The summed E-state index contributed by atoms with van der Waals surface area (Å²) in [6.45, 7) is 0. The quantitative estimate of drug-likeness (QED) is 0.321. The lowest BCUT2D eigenvalue weighted by molar-refractivity contribution is 0.602. The van der Waals surface area contributed by atoms with Gasteiger partial charge in [0.15, 0.2) is 9.84 Å². The van der Waals surface area contributed by atoms with E-state index in [-0.39, 0.29) is 0 Å². The molecule has 0 heterocycles. The Morgan fingerprint density at radius 3 is 1.35 bits per heavy atom. The molecule has 0 saturated heterocycles. The van der Waals surface area contributed by atoms with Gasteiger partial charge in [-0.15, -0.1) is 0 Å². The summed E-state index contributed by atoms with van der Waals surface area (Å²) in [5, 5.41) is 0. The number of hydrogen-bond donors (Lipinski definition) is 0. The van der Waals surface area contributed by atoms with Crippen molar-refractivity contribution < 1.29 is 8.42 Å². The third-order valence-electron chi connectivity index (χ3n) is 4.96. The first kappa shape index (κ1) is 20.6. The van der Waals surface area contributed by atoms with Crippen LogP contribution in [-0.2, 0) is 9.84 Å². The van der Waals surface area contributed by atoms with Gasteiger partial charge in [-0.1, -0.05) is 72.8 Å². The second kappa shape index (κ2) is 9.02. The molecule has 0 amide bonds. The van der Waals surface area contributed by atoms with Crippen molar-refractivity contribution in [3.63, 3.8) is 0 Å². The standard InChI is InChI=1S/C27H23NO2S/c1-31(29,30)27-20-16-23(17-21-27)13-12-22-14-18-26(19-15-22)28(24-8-4-2-5-9-24)25-10-6-3-7-11-25/h2-21H,1H3/b13-12+. The first-order valence-corrected chi connectivity index (χ1v) is 11.9. The van der Waals surface area contributed by atoms with Crippen LogP contribution in [-0.4, -0.2) is 14.7 Å². The van der Waals surface area contributed by atoms with Crippen LogP contribution in [0.2, 0.25) is 0 Å². The van der Waals surface area contributed by atoms with Gasteiger partial charge in [0.2, 0.25) is 0 Å². The molecular weight excluding hydrogens is 402 g/mol. The van der Waals surface area contributed by atoms with E-state index in [1.54, 1.807) is 12.1 Å². The van der Waals surface area contributed by atoms with Crippen LogP contribution in [0.3, 0.4) is 0 Å². The molecule has 4 rings (SSSR count). The zero-order valence-electron chi connectivity index (χ0n) is 17.2. The van der Waals surface area contributed by atoms with Crippen LogP contribution in [0.4, 0.5) is 17.1 Å². The molecule has 31 heavy (non-hydrogen) atoms. The highest BCUT2D eigenvalue weighted by Gasteiger charge is 2.11. The Bertz CT molecular complexity index is 1220. The van der Waals surface area contributed by atoms with Crippen LogP contribution in [0.15, 0.2) is 114 Å². The Hall–Kier alpha value is -3.63.